The van der Waals surface area contributed by atoms with Crippen molar-refractivity contribution in [3.63, 3.8) is 0 Å². The van der Waals surface area contributed by atoms with Gasteiger partial charge in [0.05, 0.1) is 0 Å². The van der Waals surface area contributed by atoms with E-state index in [9.17, 15) is 0 Å². The fourth-order valence-corrected chi connectivity index (χ4v) is 7.26. The molecule has 0 spiro atoms. The van der Waals surface area contributed by atoms with Crippen LogP contribution >= 0.6 is 0 Å². The molecule has 0 radical (unpaired) electrons. The largest absolute Gasteiger partial charge is 0.0622 e. The Morgan fingerprint density at radius 3 is 1.10 bits per heavy atom. The summed E-state index contributed by atoms with van der Waals surface area (Å²) >= 11 is 0. The van der Waals surface area contributed by atoms with Gasteiger partial charge >= 0.3 is 0 Å². The predicted octanol–water partition coefficient (Wildman–Crippen LogP) is 11.2. The van der Waals surface area contributed by atoms with Crippen molar-refractivity contribution in [2.24, 2.45) is 0 Å². The molecule has 0 amide bonds. The Morgan fingerprint density at radius 2 is 0.659 bits per heavy atom. The second-order valence-corrected chi connectivity index (χ2v) is 11.2. The fraction of sp³-hybridized carbons (Fsp3) is 0.0244. The first kappa shape index (κ1) is 22.6. The molecule has 9 rings (SSSR count). The average Bonchev–Trinajstić information content (AvgIpc) is 3.47. The molecule has 0 nitrogen and oxygen atoms in total. The van der Waals surface area contributed by atoms with Gasteiger partial charge in [-0.05, 0) is 106 Å². The monoisotopic (exact) mass is 518 g/mol. The van der Waals surface area contributed by atoms with E-state index >= 15 is 0 Å². The van der Waals surface area contributed by atoms with Crippen LogP contribution in [0.4, 0.5) is 0 Å². The third-order valence-corrected chi connectivity index (χ3v) is 9.08. The van der Waals surface area contributed by atoms with Gasteiger partial charge in [-0.15, -0.1) is 0 Å². The Kier molecular flexibility index (Phi) is 4.77. The van der Waals surface area contributed by atoms with Crippen LogP contribution in [-0.2, 0) is 6.42 Å². The molecule has 8 aromatic rings. The van der Waals surface area contributed by atoms with Gasteiger partial charge in [0.1, 0.15) is 0 Å². The van der Waals surface area contributed by atoms with Gasteiger partial charge in [-0.2, -0.15) is 0 Å². The van der Waals surface area contributed by atoms with Gasteiger partial charge in [0.2, 0.25) is 0 Å². The van der Waals surface area contributed by atoms with Crippen LogP contribution in [0.3, 0.4) is 0 Å². The van der Waals surface area contributed by atoms with Crippen LogP contribution in [0.1, 0.15) is 11.1 Å². The van der Waals surface area contributed by atoms with Crippen LogP contribution in [-0.4, -0.2) is 0 Å². The normalized spacial score (nSPS) is 12.3. The maximum atomic E-state index is 2.40. The van der Waals surface area contributed by atoms with E-state index in [-0.39, 0.29) is 0 Å². The van der Waals surface area contributed by atoms with Crippen molar-refractivity contribution in [1.82, 2.24) is 0 Å². The zero-order chi connectivity index (χ0) is 26.9. The lowest BCUT2D eigenvalue weighted by Crippen LogP contribution is -1.89. The van der Waals surface area contributed by atoms with Gasteiger partial charge in [-0.25, -0.2) is 0 Å². The van der Waals surface area contributed by atoms with Crippen LogP contribution in [0.25, 0.3) is 76.5 Å². The Labute approximate surface area is 239 Å². The van der Waals surface area contributed by atoms with E-state index in [1.54, 1.807) is 0 Å². The van der Waals surface area contributed by atoms with E-state index in [4.69, 9.17) is 0 Å². The molecule has 0 heterocycles. The van der Waals surface area contributed by atoms with E-state index in [0.717, 1.165) is 6.42 Å². The summed E-state index contributed by atoms with van der Waals surface area (Å²) in [4.78, 5) is 0. The van der Waals surface area contributed by atoms with Crippen molar-refractivity contribution in [2.75, 3.05) is 0 Å². The second kappa shape index (κ2) is 8.65. The maximum absolute atomic E-state index is 2.40. The summed E-state index contributed by atoms with van der Waals surface area (Å²) in [6, 6.07) is 53.6. The molecule has 8 aromatic carbocycles. The van der Waals surface area contributed by atoms with Gasteiger partial charge in [0.25, 0.3) is 0 Å². The molecule has 0 atom stereocenters. The van der Waals surface area contributed by atoms with Gasteiger partial charge in [-0.3, -0.25) is 0 Å². The van der Waals surface area contributed by atoms with Crippen molar-refractivity contribution in [2.45, 2.75) is 6.42 Å². The first-order valence-corrected chi connectivity index (χ1v) is 14.4. The SMILES string of the molecule is c1ccc(-c2ccc3c4c(c5ccccc5c3c2)-c2c(c3ccc(-c5ccccc5)cc3c3ccccc23)C4)cc1. The van der Waals surface area contributed by atoms with Gasteiger partial charge in [0.15, 0.2) is 0 Å². The zero-order valence-electron chi connectivity index (χ0n) is 22.6. The first-order valence-electron chi connectivity index (χ1n) is 14.4. The molecule has 0 fully saturated rings. The Morgan fingerprint density at radius 1 is 0.268 bits per heavy atom. The molecule has 1 aliphatic rings. The number of fused-ring (bicyclic) bond motifs is 13. The molecule has 0 aromatic heterocycles. The highest BCUT2D eigenvalue weighted by Gasteiger charge is 2.28. The highest BCUT2D eigenvalue weighted by molar-refractivity contribution is 6.25. The summed E-state index contributed by atoms with van der Waals surface area (Å²) in [6.07, 6.45) is 0.947. The maximum Gasteiger partial charge on any atom is -0.0000653 e. The Bertz CT molecular complexity index is 2140. The quantitative estimate of drug-likeness (QED) is 0.200. The molecule has 0 saturated carbocycles. The Balaban J connectivity index is 1.38. The Hall–Kier alpha value is -5.20. The minimum atomic E-state index is 0.947. The number of benzene rings is 8. The summed E-state index contributed by atoms with van der Waals surface area (Å²) in [5.74, 6) is 0. The van der Waals surface area contributed by atoms with E-state index in [1.165, 1.54) is 87.6 Å². The molecule has 1 aliphatic carbocycles. The summed E-state index contributed by atoms with van der Waals surface area (Å²) < 4.78 is 0. The number of hydrogen-bond donors (Lipinski definition) is 0. The minimum absolute atomic E-state index is 0.947. The average molecular weight is 519 g/mol. The van der Waals surface area contributed by atoms with E-state index < -0.39 is 0 Å². The van der Waals surface area contributed by atoms with Gasteiger partial charge in [0, 0.05) is 0 Å². The highest BCUT2D eigenvalue weighted by Crippen LogP contribution is 2.52. The lowest BCUT2D eigenvalue weighted by molar-refractivity contribution is 1.31. The smallest absolute Gasteiger partial charge is 0.0000653 e. The van der Waals surface area contributed by atoms with Crippen molar-refractivity contribution >= 4 is 43.1 Å². The van der Waals surface area contributed by atoms with E-state index in [2.05, 4.69) is 146 Å². The molecule has 190 valence electrons. The number of hydrogen-bond acceptors (Lipinski definition) is 0. The molecule has 0 heteroatoms. The van der Waals surface area contributed by atoms with Crippen LogP contribution in [0.2, 0.25) is 0 Å². The highest BCUT2D eigenvalue weighted by atomic mass is 14.3. The van der Waals surface area contributed by atoms with Gasteiger partial charge in [-0.1, -0.05) is 133 Å². The van der Waals surface area contributed by atoms with E-state index in [1.807, 2.05) is 0 Å². The molecule has 0 saturated heterocycles. The topological polar surface area (TPSA) is 0 Å². The van der Waals surface area contributed by atoms with Crippen molar-refractivity contribution < 1.29 is 0 Å². The number of rotatable bonds is 2. The van der Waals surface area contributed by atoms with Crippen LogP contribution < -0.4 is 0 Å². The first-order chi connectivity index (χ1) is 20.3. The summed E-state index contributed by atoms with van der Waals surface area (Å²) in [7, 11) is 0. The summed E-state index contributed by atoms with van der Waals surface area (Å²) in [5.41, 5.74) is 10.8. The molecule has 0 N–H and O–H groups in total. The molecule has 41 heavy (non-hydrogen) atoms. The van der Waals surface area contributed by atoms with Crippen molar-refractivity contribution in [3.8, 4) is 33.4 Å². The third-order valence-electron chi connectivity index (χ3n) is 9.08. The molecule has 0 aliphatic heterocycles. The van der Waals surface area contributed by atoms with Crippen molar-refractivity contribution in [1.29, 1.82) is 0 Å². The zero-order valence-corrected chi connectivity index (χ0v) is 22.6. The lowest BCUT2D eigenvalue weighted by atomic mass is 9.87. The van der Waals surface area contributed by atoms with Crippen LogP contribution in [0, 0.1) is 0 Å². The van der Waals surface area contributed by atoms with Crippen molar-refractivity contribution in [3.05, 3.63) is 157 Å². The third kappa shape index (κ3) is 3.28. The lowest BCUT2D eigenvalue weighted by Gasteiger charge is -2.16. The molecular formula is C41H26. The van der Waals surface area contributed by atoms with Crippen LogP contribution in [0.5, 0.6) is 0 Å². The fourth-order valence-electron chi connectivity index (χ4n) is 7.26. The van der Waals surface area contributed by atoms with Crippen LogP contribution in [0.15, 0.2) is 146 Å². The van der Waals surface area contributed by atoms with Gasteiger partial charge < -0.3 is 0 Å². The predicted molar refractivity (Wildman–Crippen MR) is 176 cm³/mol. The minimum Gasteiger partial charge on any atom is -0.0622 e. The second-order valence-electron chi connectivity index (χ2n) is 11.2. The molecule has 0 bridgehead atoms. The summed E-state index contributed by atoms with van der Waals surface area (Å²) in [6.45, 7) is 0. The standard InChI is InChI=1S/C41H26/c1-3-11-26(12-4-1)28-19-21-32-36(23-28)30-15-7-9-17-34(30)40-38(32)25-39-33-22-20-29(27-13-5-2-6-14-27)24-37(33)31-16-8-10-18-35(31)41(39)40/h1-24H,25H2. The molecule has 0 unspecified atom stereocenters. The molecular weight excluding hydrogens is 492 g/mol. The van der Waals surface area contributed by atoms with E-state index in [0.29, 0.717) is 0 Å². The summed E-state index contributed by atoms with van der Waals surface area (Å²) in [5, 5.41) is 10.8.